The number of rotatable bonds is 9. The molecule has 0 heterocycles. The lowest BCUT2D eigenvalue weighted by atomic mass is 10.0. The minimum Gasteiger partial charge on any atom is -0.497 e. The molecule has 8 nitrogen and oxygen atoms in total. The van der Waals surface area contributed by atoms with Gasteiger partial charge in [0.25, 0.3) is 11.8 Å². The molecule has 1 atom stereocenters. The molecule has 3 amide bonds. The van der Waals surface area contributed by atoms with Gasteiger partial charge in [0.05, 0.1) is 18.7 Å². The van der Waals surface area contributed by atoms with Gasteiger partial charge in [0.1, 0.15) is 5.75 Å². The fourth-order valence-corrected chi connectivity index (χ4v) is 4.14. The second-order valence-electron chi connectivity index (χ2n) is 9.15. The molecule has 0 saturated carbocycles. The number of methoxy groups -OCH3 is 1. The fraction of sp³-hybridized carbons (Fsp3) is 0.161. The van der Waals surface area contributed by atoms with E-state index < -0.39 is 23.4 Å². The van der Waals surface area contributed by atoms with Crippen LogP contribution in [0.25, 0.3) is 10.8 Å². The molecule has 4 aromatic rings. The number of aryl methyl sites for hydroxylation is 1. The first-order valence-electron chi connectivity index (χ1n) is 12.4. The van der Waals surface area contributed by atoms with E-state index in [9.17, 15) is 14.4 Å². The molecule has 0 fully saturated rings. The molecule has 0 aromatic heterocycles. The molecule has 196 valence electrons. The molecule has 0 unspecified atom stereocenters. The van der Waals surface area contributed by atoms with E-state index >= 15 is 0 Å². The van der Waals surface area contributed by atoms with Gasteiger partial charge >= 0.3 is 0 Å². The standard InChI is InChI=1S/C31H28N4O4/c1-31(30(38)33-24-15-10-22(20-32)11-16-24,34-28(36)19-14-21-12-17-25(39-2)18-13-21)35-29(37)27-9-5-7-23-6-3-4-8-26(23)27/h3-13,15-18H,14,19H2,1-2H3,(H,33,38)(H,34,36)(H,35,37)/t31-/m0/s1. The molecule has 0 bridgehead atoms. The molecule has 4 aromatic carbocycles. The van der Waals surface area contributed by atoms with Gasteiger partial charge in [0.2, 0.25) is 5.91 Å². The Hall–Kier alpha value is -5.16. The summed E-state index contributed by atoms with van der Waals surface area (Å²) < 4.78 is 5.17. The van der Waals surface area contributed by atoms with Crippen molar-refractivity contribution in [3.63, 3.8) is 0 Å². The number of ether oxygens (including phenoxy) is 1. The molecular weight excluding hydrogens is 492 g/mol. The van der Waals surface area contributed by atoms with Crippen molar-refractivity contribution in [2.75, 3.05) is 12.4 Å². The number of benzene rings is 4. The average Bonchev–Trinajstić information content (AvgIpc) is 2.96. The van der Waals surface area contributed by atoms with Gasteiger partial charge in [0, 0.05) is 17.7 Å². The van der Waals surface area contributed by atoms with Crippen molar-refractivity contribution >= 4 is 34.2 Å². The van der Waals surface area contributed by atoms with Gasteiger partial charge < -0.3 is 20.7 Å². The van der Waals surface area contributed by atoms with Gasteiger partial charge in [-0.2, -0.15) is 5.26 Å². The van der Waals surface area contributed by atoms with Gasteiger partial charge in [-0.3, -0.25) is 14.4 Å². The van der Waals surface area contributed by atoms with Crippen molar-refractivity contribution in [3.05, 3.63) is 108 Å². The smallest absolute Gasteiger partial charge is 0.270 e. The number of nitrogens with one attached hydrogen (secondary N) is 3. The van der Waals surface area contributed by atoms with E-state index in [0.717, 1.165) is 16.3 Å². The van der Waals surface area contributed by atoms with Crippen LogP contribution in [0.2, 0.25) is 0 Å². The summed E-state index contributed by atoms with van der Waals surface area (Å²) in [5.41, 5.74) is 0.371. The van der Waals surface area contributed by atoms with E-state index in [0.29, 0.717) is 29.0 Å². The number of carbonyl (C=O) groups is 3. The van der Waals surface area contributed by atoms with Crippen LogP contribution in [0.1, 0.15) is 34.8 Å². The van der Waals surface area contributed by atoms with Crippen molar-refractivity contribution < 1.29 is 19.1 Å². The van der Waals surface area contributed by atoms with Crippen molar-refractivity contribution in [2.45, 2.75) is 25.4 Å². The molecule has 0 spiro atoms. The Morgan fingerprint density at radius 3 is 2.26 bits per heavy atom. The summed E-state index contributed by atoms with van der Waals surface area (Å²) in [6.45, 7) is 1.44. The maximum absolute atomic E-state index is 13.5. The normalized spacial score (nSPS) is 12.0. The molecular formula is C31H28N4O4. The van der Waals surface area contributed by atoms with Crippen molar-refractivity contribution in [1.82, 2.24) is 10.6 Å². The Morgan fingerprint density at radius 1 is 0.872 bits per heavy atom. The van der Waals surface area contributed by atoms with Gasteiger partial charge in [-0.1, -0.05) is 48.5 Å². The van der Waals surface area contributed by atoms with Crippen LogP contribution < -0.4 is 20.7 Å². The number of nitriles is 1. The molecule has 0 saturated heterocycles. The van der Waals surface area contributed by atoms with Gasteiger partial charge in [0.15, 0.2) is 5.66 Å². The third-order valence-corrected chi connectivity index (χ3v) is 6.31. The monoisotopic (exact) mass is 520 g/mol. The number of amides is 3. The third-order valence-electron chi connectivity index (χ3n) is 6.31. The lowest BCUT2D eigenvalue weighted by Gasteiger charge is -2.31. The molecule has 8 heteroatoms. The highest BCUT2D eigenvalue weighted by molar-refractivity contribution is 6.10. The first kappa shape index (κ1) is 26.9. The van der Waals surface area contributed by atoms with Crippen LogP contribution >= 0.6 is 0 Å². The zero-order chi connectivity index (χ0) is 27.8. The second kappa shape index (κ2) is 11.9. The summed E-state index contributed by atoms with van der Waals surface area (Å²) >= 11 is 0. The predicted octanol–water partition coefficient (Wildman–Crippen LogP) is 4.55. The Labute approximate surface area is 226 Å². The number of carbonyl (C=O) groups excluding carboxylic acids is 3. The van der Waals surface area contributed by atoms with Crippen LogP contribution in [0.3, 0.4) is 0 Å². The number of hydrogen-bond donors (Lipinski definition) is 3. The van der Waals surface area contributed by atoms with Crippen molar-refractivity contribution in [2.24, 2.45) is 0 Å². The fourth-order valence-electron chi connectivity index (χ4n) is 4.14. The molecule has 0 aliphatic heterocycles. The van der Waals surface area contributed by atoms with Crippen LogP contribution in [0, 0.1) is 11.3 Å². The zero-order valence-electron chi connectivity index (χ0n) is 21.7. The van der Waals surface area contributed by atoms with E-state index in [1.54, 1.807) is 43.5 Å². The summed E-state index contributed by atoms with van der Waals surface area (Å²) in [5.74, 6) is -0.855. The molecule has 0 aliphatic carbocycles. The highest BCUT2D eigenvalue weighted by atomic mass is 16.5. The number of fused-ring (bicyclic) bond motifs is 1. The van der Waals surface area contributed by atoms with Crippen LogP contribution in [0.4, 0.5) is 5.69 Å². The van der Waals surface area contributed by atoms with Gasteiger partial charge in [-0.25, -0.2) is 0 Å². The summed E-state index contributed by atoms with van der Waals surface area (Å²) in [6.07, 6.45) is 0.524. The predicted molar refractivity (Wildman–Crippen MR) is 149 cm³/mol. The summed E-state index contributed by atoms with van der Waals surface area (Å²) in [7, 11) is 1.58. The summed E-state index contributed by atoms with van der Waals surface area (Å²) in [4.78, 5) is 39.9. The van der Waals surface area contributed by atoms with Crippen LogP contribution in [-0.4, -0.2) is 30.5 Å². The first-order chi connectivity index (χ1) is 18.8. The van der Waals surface area contributed by atoms with E-state index in [2.05, 4.69) is 16.0 Å². The van der Waals surface area contributed by atoms with Crippen molar-refractivity contribution in [3.8, 4) is 11.8 Å². The Kier molecular flexibility index (Phi) is 8.22. The lowest BCUT2D eigenvalue weighted by molar-refractivity contribution is -0.130. The second-order valence-corrected chi connectivity index (χ2v) is 9.15. The van der Waals surface area contributed by atoms with E-state index in [-0.39, 0.29) is 6.42 Å². The quantitative estimate of drug-likeness (QED) is 0.280. The molecule has 39 heavy (non-hydrogen) atoms. The van der Waals surface area contributed by atoms with E-state index in [1.165, 1.54) is 6.92 Å². The Morgan fingerprint density at radius 2 is 1.56 bits per heavy atom. The Bertz CT molecular complexity index is 1540. The Balaban J connectivity index is 1.55. The largest absolute Gasteiger partial charge is 0.497 e. The van der Waals surface area contributed by atoms with Gasteiger partial charge in [-0.05, 0) is 72.1 Å². The maximum atomic E-state index is 13.5. The third kappa shape index (κ3) is 6.59. The minimum absolute atomic E-state index is 0.0935. The number of anilines is 1. The van der Waals surface area contributed by atoms with Gasteiger partial charge in [-0.15, -0.1) is 0 Å². The summed E-state index contributed by atoms with van der Waals surface area (Å²) in [5, 5.41) is 18.8. The van der Waals surface area contributed by atoms with Crippen LogP contribution in [-0.2, 0) is 16.0 Å². The topological polar surface area (TPSA) is 120 Å². The van der Waals surface area contributed by atoms with Crippen molar-refractivity contribution in [1.29, 1.82) is 5.26 Å². The lowest BCUT2D eigenvalue weighted by Crippen LogP contribution is -2.65. The van der Waals surface area contributed by atoms with E-state index in [1.807, 2.05) is 60.7 Å². The molecule has 3 N–H and O–H groups in total. The first-order valence-corrected chi connectivity index (χ1v) is 12.4. The number of nitrogens with zero attached hydrogens (tertiary/aromatic N) is 1. The van der Waals surface area contributed by atoms with Crippen LogP contribution in [0.15, 0.2) is 91.0 Å². The minimum atomic E-state index is -1.78. The zero-order valence-corrected chi connectivity index (χ0v) is 21.7. The maximum Gasteiger partial charge on any atom is 0.270 e. The highest BCUT2D eigenvalue weighted by Crippen LogP contribution is 2.20. The molecule has 0 aliphatic rings. The number of hydrogen-bond acceptors (Lipinski definition) is 5. The molecule has 0 radical (unpaired) electrons. The highest BCUT2D eigenvalue weighted by Gasteiger charge is 2.37. The van der Waals surface area contributed by atoms with E-state index in [4.69, 9.17) is 10.00 Å². The van der Waals surface area contributed by atoms with Crippen LogP contribution in [0.5, 0.6) is 5.75 Å². The average molecular weight is 521 g/mol. The SMILES string of the molecule is COc1ccc(CCC(=O)N[C@@](C)(NC(=O)c2cccc3ccccc23)C(=O)Nc2ccc(C#N)cc2)cc1. The summed E-state index contributed by atoms with van der Waals surface area (Å²) in [6, 6.07) is 28.4. The molecule has 4 rings (SSSR count).